The number of hydrogen-bond donors (Lipinski definition) is 0. The van der Waals surface area contributed by atoms with Crippen LogP contribution in [0.2, 0.25) is 0 Å². The summed E-state index contributed by atoms with van der Waals surface area (Å²) in [7, 11) is 0. The van der Waals surface area contributed by atoms with E-state index in [1.54, 1.807) is 6.20 Å². The molecule has 0 atom stereocenters. The maximum absolute atomic E-state index is 4.38. The average Bonchev–Trinajstić information content (AvgIpc) is 2.64. The van der Waals surface area contributed by atoms with Gasteiger partial charge in [-0.05, 0) is 42.3 Å². The van der Waals surface area contributed by atoms with E-state index in [9.17, 15) is 0 Å². The lowest BCUT2D eigenvalue weighted by molar-refractivity contribution is 1.24. The largest absolute Gasteiger partial charge is 0.255 e. The molecule has 0 aliphatic carbocycles. The van der Waals surface area contributed by atoms with Crippen LogP contribution in [-0.2, 0) is 0 Å². The summed E-state index contributed by atoms with van der Waals surface area (Å²) in [6.45, 7) is 6.09. The van der Waals surface area contributed by atoms with Gasteiger partial charge < -0.3 is 0 Å². The molecule has 0 saturated carbocycles. The standard InChI is InChI=1S/C19H16N2.C2H6/c1-15-5-7-16(8-6-15)9-10-17-11-13-21-19(14-17)18-4-2-3-12-20-18;1-2/h2-14H,1H3;1-2H3/b10-9-;. The van der Waals surface area contributed by atoms with Gasteiger partial charge in [0, 0.05) is 12.4 Å². The molecule has 0 radical (unpaired) electrons. The van der Waals surface area contributed by atoms with Gasteiger partial charge in [-0.25, -0.2) is 0 Å². The number of hydrogen-bond acceptors (Lipinski definition) is 2. The molecule has 2 aromatic heterocycles. The maximum atomic E-state index is 4.38. The van der Waals surface area contributed by atoms with Crippen LogP contribution < -0.4 is 0 Å². The van der Waals surface area contributed by atoms with Gasteiger partial charge in [-0.2, -0.15) is 0 Å². The Kier molecular flexibility index (Phi) is 6.25. The zero-order valence-electron chi connectivity index (χ0n) is 13.9. The van der Waals surface area contributed by atoms with Gasteiger partial charge in [0.15, 0.2) is 0 Å². The van der Waals surface area contributed by atoms with Gasteiger partial charge in [0.2, 0.25) is 0 Å². The Hall–Kier alpha value is -2.74. The third kappa shape index (κ3) is 4.89. The molecule has 0 fully saturated rings. The Morgan fingerprint density at radius 2 is 1.39 bits per heavy atom. The molecule has 2 nitrogen and oxygen atoms in total. The Balaban J connectivity index is 0.000000924. The van der Waals surface area contributed by atoms with E-state index in [-0.39, 0.29) is 0 Å². The van der Waals surface area contributed by atoms with Gasteiger partial charge >= 0.3 is 0 Å². The number of aryl methyl sites for hydroxylation is 1. The third-order valence-corrected chi connectivity index (χ3v) is 3.26. The minimum absolute atomic E-state index is 0.890. The molecule has 0 spiro atoms. The van der Waals surface area contributed by atoms with Crippen molar-refractivity contribution >= 4 is 12.2 Å². The Morgan fingerprint density at radius 1 is 0.696 bits per heavy atom. The highest BCUT2D eigenvalue weighted by molar-refractivity contribution is 5.71. The molecular formula is C21H22N2. The van der Waals surface area contributed by atoms with Crippen molar-refractivity contribution in [1.82, 2.24) is 9.97 Å². The summed E-state index contributed by atoms with van der Waals surface area (Å²) in [6, 6.07) is 18.4. The van der Waals surface area contributed by atoms with Crippen LogP contribution in [0.4, 0.5) is 0 Å². The van der Waals surface area contributed by atoms with Crippen LogP contribution in [-0.4, -0.2) is 9.97 Å². The van der Waals surface area contributed by atoms with Crippen molar-refractivity contribution < 1.29 is 0 Å². The molecule has 0 unspecified atom stereocenters. The van der Waals surface area contributed by atoms with Crippen molar-refractivity contribution in [3.63, 3.8) is 0 Å². The third-order valence-electron chi connectivity index (χ3n) is 3.26. The Morgan fingerprint density at radius 3 is 2.09 bits per heavy atom. The van der Waals surface area contributed by atoms with Crippen molar-refractivity contribution in [2.24, 2.45) is 0 Å². The summed E-state index contributed by atoms with van der Waals surface area (Å²) >= 11 is 0. The molecule has 0 aliphatic rings. The van der Waals surface area contributed by atoms with E-state index in [0.29, 0.717) is 0 Å². The van der Waals surface area contributed by atoms with Crippen LogP contribution >= 0.6 is 0 Å². The van der Waals surface area contributed by atoms with Crippen molar-refractivity contribution in [2.45, 2.75) is 20.8 Å². The van der Waals surface area contributed by atoms with Crippen LogP contribution in [0.15, 0.2) is 67.0 Å². The smallest absolute Gasteiger partial charge is 0.0892 e. The number of pyridine rings is 2. The molecule has 0 amide bonds. The van der Waals surface area contributed by atoms with E-state index in [0.717, 1.165) is 17.0 Å². The molecule has 0 saturated heterocycles. The summed E-state index contributed by atoms with van der Waals surface area (Å²) in [4.78, 5) is 8.71. The second-order valence-electron chi connectivity index (χ2n) is 4.93. The highest BCUT2D eigenvalue weighted by Crippen LogP contribution is 2.16. The van der Waals surface area contributed by atoms with Gasteiger partial charge in [-0.1, -0.05) is 61.9 Å². The molecule has 2 heteroatoms. The summed E-state index contributed by atoms with van der Waals surface area (Å²) in [5, 5.41) is 0. The fraction of sp³-hybridized carbons (Fsp3) is 0.143. The fourth-order valence-electron chi connectivity index (χ4n) is 2.07. The van der Waals surface area contributed by atoms with Crippen LogP contribution in [0.25, 0.3) is 23.5 Å². The molecule has 0 aliphatic heterocycles. The summed E-state index contributed by atoms with van der Waals surface area (Å²) in [5.74, 6) is 0. The maximum Gasteiger partial charge on any atom is 0.0892 e. The fourth-order valence-corrected chi connectivity index (χ4v) is 2.07. The molecule has 1 aromatic carbocycles. The van der Waals surface area contributed by atoms with Crippen LogP contribution in [0.3, 0.4) is 0 Å². The summed E-state index contributed by atoms with van der Waals surface area (Å²) in [5.41, 5.74) is 5.36. The van der Waals surface area contributed by atoms with Crippen molar-refractivity contribution in [3.05, 3.63) is 83.7 Å². The predicted octanol–water partition coefficient (Wildman–Crippen LogP) is 5.65. The zero-order valence-corrected chi connectivity index (χ0v) is 13.9. The highest BCUT2D eigenvalue weighted by atomic mass is 14.8. The van der Waals surface area contributed by atoms with Crippen LogP contribution in [0.5, 0.6) is 0 Å². The van der Waals surface area contributed by atoms with Crippen LogP contribution in [0.1, 0.15) is 30.5 Å². The van der Waals surface area contributed by atoms with Gasteiger partial charge in [0.1, 0.15) is 0 Å². The lowest BCUT2D eigenvalue weighted by Gasteiger charge is -2.01. The number of nitrogens with zero attached hydrogens (tertiary/aromatic N) is 2. The molecule has 3 rings (SSSR count). The van der Waals surface area contributed by atoms with Gasteiger partial charge in [0.25, 0.3) is 0 Å². The monoisotopic (exact) mass is 302 g/mol. The molecule has 0 bridgehead atoms. The SMILES string of the molecule is CC.Cc1ccc(/C=C\c2ccnc(-c3ccccn3)c2)cc1. The van der Waals surface area contributed by atoms with Crippen molar-refractivity contribution in [2.75, 3.05) is 0 Å². The molecule has 3 aromatic rings. The lowest BCUT2D eigenvalue weighted by Crippen LogP contribution is -1.86. The molecule has 116 valence electrons. The number of aromatic nitrogens is 2. The normalized spacial score (nSPS) is 10.2. The minimum atomic E-state index is 0.890. The predicted molar refractivity (Wildman–Crippen MR) is 98.9 cm³/mol. The zero-order chi connectivity index (χ0) is 16.5. The first kappa shape index (κ1) is 16.6. The van der Waals surface area contributed by atoms with E-state index in [1.165, 1.54) is 11.1 Å². The van der Waals surface area contributed by atoms with E-state index >= 15 is 0 Å². The first-order valence-corrected chi connectivity index (χ1v) is 7.93. The highest BCUT2D eigenvalue weighted by Gasteiger charge is 1.99. The summed E-state index contributed by atoms with van der Waals surface area (Å²) < 4.78 is 0. The number of rotatable bonds is 3. The van der Waals surface area contributed by atoms with E-state index in [4.69, 9.17) is 0 Å². The lowest BCUT2D eigenvalue weighted by atomic mass is 10.1. The quantitative estimate of drug-likeness (QED) is 0.625. The Bertz CT molecular complexity index is 744. The van der Waals surface area contributed by atoms with Gasteiger partial charge in [-0.3, -0.25) is 9.97 Å². The van der Waals surface area contributed by atoms with Gasteiger partial charge in [-0.15, -0.1) is 0 Å². The first-order chi connectivity index (χ1) is 11.3. The van der Waals surface area contributed by atoms with E-state index < -0.39 is 0 Å². The van der Waals surface area contributed by atoms with E-state index in [1.807, 2.05) is 50.4 Å². The summed E-state index contributed by atoms with van der Waals surface area (Å²) in [6.07, 6.45) is 7.81. The first-order valence-electron chi connectivity index (χ1n) is 7.93. The average molecular weight is 302 g/mol. The second kappa shape index (κ2) is 8.64. The number of benzene rings is 1. The molecule has 0 N–H and O–H groups in total. The van der Waals surface area contributed by atoms with E-state index in [2.05, 4.69) is 53.3 Å². The van der Waals surface area contributed by atoms with Crippen molar-refractivity contribution in [1.29, 1.82) is 0 Å². The van der Waals surface area contributed by atoms with Gasteiger partial charge in [0.05, 0.1) is 11.4 Å². The minimum Gasteiger partial charge on any atom is -0.255 e. The van der Waals surface area contributed by atoms with Crippen LogP contribution in [0, 0.1) is 6.92 Å². The molecule has 23 heavy (non-hydrogen) atoms. The van der Waals surface area contributed by atoms with Crippen molar-refractivity contribution in [3.8, 4) is 11.4 Å². The second-order valence-corrected chi connectivity index (χ2v) is 4.93. The Labute approximate surface area is 138 Å². The molecular weight excluding hydrogens is 280 g/mol. The molecule has 2 heterocycles. The topological polar surface area (TPSA) is 25.8 Å².